The number of hydrogen-bond acceptors (Lipinski definition) is 5. The van der Waals surface area contributed by atoms with Gasteiger partial charge in [-0.3, -0.25) is 4.79 Å². The molecule has 0 radical (unpaired) electrons. The molecule has 5 heteroatoms. The second kappa shape index (κ2) is 11.2. The van der Waals surface area contributed by atoms with Crippen LogP contribution >= 0.6 is 11.3 Å². The van der Waals surface area contributed by atoms with E-state index in [1.54, 1.807) is 24.7 Å². The molecule has 25 heavy (non-hydrogen) atoms. The summed E-state index contributed by atoms with van der Waals surface area (Å²) in [5, 5.41) is 3.13. The summed E-state index contributed by atoms with van der Waals surface area (Å²) in [5.74, 6) is -0.00134. The van der Waals surface area contributed by atoms with Gasteiger partial charge >= 0.3 is 5.97 Å². The maximum Gasteiger partial charge on any atom is 0.302 e. The molecule has 1 aromatic rings. The second-order valence-corrected chi connectivity index (χ2v) is 6.40. The van der Waals surface area contributed by atoms with E-state index in [9.17, 15) is 4.79 Å². The quantitative estimate of drug-likeness (QED) is 0.559. The van der Waals surface area contributed by atoms with Crippen LogP contribution in [0.5, 0.6) is 0 Å². The third kappa shape index (κ3) is 8.31. The lowest BCUT2D eigenvalue weighted by atomic mass is 9.95. The third-order valence-electron chi connectivity index (χ3n) is 3.07. The summed E-state index contributed by atoms with van der Waals surface area (Å²) in [6.45, 7) is 5.52. The lowest BCUT2D eigenvalue weighted by molar-refractivity contribution is -0.137. The molecule has 1 atom stereocenters. The Morgan fingerprint density at radius 3 is 2.56 bits per heavy atom. The van der Waals surface area contributed by atoms with Gasteiger partial charge in [-0.15, -0.1) is 11.3 Å². The molecule has 0 saturated heterocycles. The van der Waals surface area contributed by atoms with Gasteiger partial charge in [0.25, 0.3) is 0 Å². The average Bonchev–Trinajstić information content (AvgIpc) is 3.01. The van der Waals surface area contributed by atoms with Gasteiger partial charge in [0, 0.05) is 18.2 Å². The van der Waals surface area contributed by atoms with Gasteiger partial charge in [-0.1, -0.05) is 36.0 Å². The highest BCUT2D eigenvalue weighted by molar-refractivity contribution is 7.10. The molecule has 1 aliphatic carbocycles. The minimum Gasteiger partial charge on any atom is -0.504 e. The fourth-order valence-electron chi connectivity index (χ4n) is 1.89. The minimum absolute atomic E-state index is 0.244. The summed E-state index contributed by atoms with van der Waals surface area (Å²) in [6, 6.07) is 0. The average molecular weight is 359 g/mol. The van der Waals surface area contributed by atoms with Crippen LogP contribution < -0.4 is 0 Å². The van der Waals surface area contributed by atoms with Gasteiger partial charge in [0.1, 0.15) is 5.01 Å². The van der Waals surface area contributed by atoms with Crippen molar-refractivity contribution in [3.63, 3.8) is 0 Å². The molecule has 0 N–H and O–H groups in total. The summed E-state index contributed by atoms with van der Waals surface area (Å²) >= 11 is 1.67. The van der Waals surface area contributed by atoms with E-state index in [1.165, 1.54) is 19.6 Å². The van der Waals surface area contributed by atoms with Crippen LogP contribution in [0.25, 0.3) is 12.2 Å². The van der Waals surface area contributed by atoms with E-state index >= 15 is 0 Å². The van der Waals surface area contributed by atoms with Gasteiger partial charge in [0.2, 0.25) is 0 Å². The topological polar surface area (TPSA) is 48.4 Å². The molecular weight excluding hydrogens is 334 g/mol. The lowest BCUT2D eigenvalue weighted by Crippen LogP contribution is -1.98. The van der Waals surface area contributed by atoms with E-state index < -0.39 is 0 Å². The van der Waals surface area contributed by atoms with Crippen molar-refractivity contribution in [3.8, 4) is 0 Å². The van der Waals surface area contributed by atoms with E-state index in [1.807, 2.05) is 6.08 Å². The molecule has 0 spiro atoms. The highest BCUT2D eigenvalue weighted by Crippen LogP contribution is 2.22. The van der Waals surface area contributed by atoms with E-state index in [0.29, 0.717) is 0 Å². The first-order valence-corrected chi connectivity index (χ1v) is 8.75. The number of carbonyl (C=O) groups is 1. The number of hydrogen-bond donors (Lipinski definition) is 0. The fourth-order valence-corrected chi connectivity index (χ4v) is 2.73. The Labute approximate surface area is 153 Å². The molecule has 2 rings (SSSR count). The molecule has 4 nitrogen and oxygen atoms in total. The van der Waals surface area contributed by atoms with Crippen LogP contribution in [-0.2, 0) is 14.3 Å². The largest absolute Gasteiger partial charge is 0.504 e. The molecule has 0 aliphatic heterocycles. The van der Waals surface area contributed by atoms with Crippen molar-refractivity contribution in [2.24, 2.45) is 5.92 Å². The molecule has 0 bridgehead atoms. The number of ether oxygens (including phenoxy) is 2. The zero-order chi connectivity index (χ0) is 18.7. The van der Waals surface area contributed by atoms with Gasteiger partial charge in [-0.25, -0.2) is 4.98 Å². The number of allylic oxidation sites excluding steroid dienone is 7. The molecule has 1 aliphatic rings. The monoisotopic (exact) mass is 359 g/mol. The van der Waals surface area contributed by atoms with Crippen molar-refractivity contribution < 1.29 is 14.3 Å². The van der Waals surface area contributed by atoms with Crippen LogP contribution in [0.1, 0.15) is 31.5 Å². The molecule has 134 valence electrons. The van der Waals surface area contributed by atoms with Gasteiger partial charge in [-0.05, 0) is 31.6 Å². The predicted octanol–water partition coefficient (Wildman–Crippen LogP) is 5.03. The molecule has 0 aromatic carbocycles. The minimum atomic E-state index is -0.245. The molecule has 1 heterocycles. The van der Waals surface area contributed by atoms with Crippen molar-refractivity contribution in [2.75, 3.05) is 14.2 Å². The number of aromatic nitrogens is 1. The Balaban J connectivity index is 0.000000550. The molecule has 1 unspecified atom stereocenters. The van der Waals surface area contributed by atoms with Gasteiger partial charge < -0.3 is 9.47 Å². The van der Waals surface area contributed by atoms with E-state index in [0.717, 1.165) is 16.3 Å². The van der Waals surface area contributed by atoms with Crippen LogP contribution in [0.15, 0.2) is 53.2 Å². The maximum absolute atomic E-state index is 9.59. The number of carbonyl (C=O) groups excluding carboxylic acids is 1. The van der Waals surface area contributed by atoms with Gasteiger partial charge in [0.15, 0.2) is 0 Å². The van der Waals surface area contributed by atoms with E-state index in [-0.39, 0.29) is 11.9 Å². The lowest BCUT2D eigenvalue weighted by Gasteiger charge is -2.11. The van der Waals surface area contributed by atoms with Crippen LogP contribution in [0.4, 0.5) is 0 Å². The Kier molecular flexibility index (Phi) is 9.25. The molecule has 0 saturated carbocycles. The van der Waals surface area contributed by atoms with Crippen molar-refractivity contribution in [2.45, 2.75) is 20.8 Å². The maximum atomic E-state index is 9.59. The van der Waals surface area contributed by atoms with Crippen molar-refractivity contribution >= 4 is 29.5 Å². The highest BCUT2D eigenvalue weighted by Gasteiger charge is 2.08. The molecule has 1 aromatic heterocycles. The molecule has 0 amide bonds. The number of esters is 1. The van der Waals surface area contributed by atoms with Crippen LogP contribution in [0.2, 0.25) is 0 Å². The number of nitrogens with zero attached hydrogens (tertiary/aromatic N) is 1. The standard InChI is InChI=1S/C17H19NOS.C3H6O2/c1-13(2)10-17-18-16(12-20-17)9-8-14-6-4-5-7-15(14)11-19-3;1-3(4)5-2/h4-12,14H,1-3H3;1-2H3/b9-8-,15-11+;. The van der Waals surface area contributed by atoms with Crippen LogP contribution in [0.3, 0.4) is 0 Å². The first kappa shape index (κ1) is 20.6. The summed E-state index contributed by atoms with van der Waals surface area (Å²) in [5.41, 5.74) is 3.41. The zero-order valence-corrected chi connectivity index (χ0v) is 16.2. The molecule has 0 fully saturated rings. The fraction of sp³-hybridized carbons (Fsp3) is 0.300. The summed E-state index contributed by atoms with van der Waals surface area (Å²) in [7, 11) is 3.02. The number of methoxy groups -OCH3 is 2. The SMILES string of the molecule is CO/C=C1\C=CC=CC1/C=C\c1csc(C=C(C)C)n1.COC(C)=O. The van der Waals surface area contributed by atoms with Crippen molar-refractivity contribution in [1.29, 1.82) is 0 Å². The van der Waals surface area contributed by atoms with E-state index in [2.05, 4.69) is 65.4 Å². The Hall–Kier alpha value is -2.40. The van der Waals surface area contributed by atoms with Crippen LogP contribution in [0, 0.1) is 5.92 Å². The van der Waals surface area contributed by atoms with E-state index in [4.69, 9.17) is 4.74 Å². The summed E-state index contributed by atoms with van der Waals surface area (Å²) < 4.78 is 9.22. The van der Waals surface area contributed by atoms with Crippen molar-refractivity contribution in [1.82, 2.24) is 4.98 Å². The highest BCUT2D eigenvalue weighted by atomic mass is 32.1. The normalized spacial score (nSPS) is 17.2. The molecular formula is C20H25NO3S. The Morgan fingerprint density at radius 1 is 1.24 bits per heavy atom. The summed E-state index contributed by atoms with van der Waals surface area (Å²) in [6.07, 6.45) is 16.4. The Bertz CT molecular complexity index is 704. The third-order valence-corrected chi connectivity index (χ3v) is 3.88. The Morgan fingerprint density at radius 2 is 1.96 bits per heavy atom. The summed E-state index contributed by atoms with van der Waals surface area (Å²) in [4.78, 5) is 14.2. The first-order chi connectivity index (χ1) is 12.0. The number of thiazole rings is 1. The van der Waals surface area contributed by atoms with Crippen LogP contribution in [-0.4, -0.2) is 25.2 Å². The zero-order valence-electron chi connectivity index (χ0n) is 15.4. The first-order valence-electron chi connectivity index (χ1n) is 7.87. The van der Waals surface area contributed by atoms with Crippen molar-refractivity contribution in [3.05, 3.63) is 63.9 Å². The second-order valence-electron chi connectivity index (χ2n) is 5.51. The van der Waals surface area contributed by atoms with Gasteiger partial charge in [0.05, 0.1) is 26.2 Å². The van der Waals surface area contributed by atoms with Gasteiger partial charge in [-0.2, -0.15) is 0 Å². The predicted molar refractivity (Wildman–Crippen MR) is 105 cm³/mol. The smallest absolute Gasteiger partial charge is 0.302 e. The number of rotatable bonds is 4.